The van der Waals surface area contributed by atoms with Crippen LogP contribution in [0.2, 0.25) is 0 Å². The van der Waals surface area contributed by atoms with E-state index >= 15 is 0 Å². The Labute approximate surface area is 142 Å². The van der Waals surface area contributed by atoms with Crippen molar-refractivity contribution in [2.24, 2.45) is 0 Å². The first-order valence-corrected chi connectivity index (χ1v) is 6.88. The highest BCUT2D eigenvalue weighted by Crippen LogP contribution is 2.49. The number of rotatable bonds is 2. The summed E-state index contributed by atoms with van der Waals surface area (Å²) in [6, 6.07) is -5.16. The molecule has 1 fully saturated rings. The van der Waals surface area contributed by atoms with Crippen molar-refractivity contribution in [1.82, 2.24) is 4.90 Å². The number of hydrogen-bond acceptors (Lipinski definition) is 1. The molecule has 0 N–H and O–H groups in total. The fourth-order valence-electron chi connectivity index (χ4n) is 3.19. The third kappa shape index (κ3) is 2.08. The van der Waals surface area contributed by atoms with Gasteiger partial charge < -0.3 is 4.90 Å². The second-order valence-electron chi connectivity index (χ2n) is 5.24. The summed E-state index contributed by atoms with van der Waals surface area (Å²) >= 11 is 0. The Kier molecular flexibility index (Phi) is 1.64. The summed E-state index contributed by atoms with van der Waals surface area (Å²) in [5.74, 6) is 0. The number of likely N-dealkylation sites (tertiary alicyclic amines) is 1. The standard InChI is InChI=1S/C20H23N/c1-4-19-20(15-16(2)21(19)3,17-11-7-5-8-12-17)18-13-9-6-10-14-18/h4-14,16H,15H2,1-3H3/b19-4-/i5D,6D,7D,8D,9D,10D,11D,12D,13D,14D. The van der Waals surface area contributed by atoms with Gasteiger partial charge >= 0.3 is 0 Å². The first-order chi connectivity index (χ1) is 14.3. The zero-order valence-corrected chi connectivity index (χ0v) is 12.3. The van der Waals surface area contributed by atoms with Crippen LogP contribution in [0.1, 0.15) is 45.1 Å². The summed E-state index contributed by atoms with van der Waals surface area (Å²) in [6.45, 7) is 3.61. The van der Waals surface area contributed by atoms with E-state index in [1.54, 1.807) is 20.0 Å². The Morgan fingerprint density at radius 2 is 1.52 bits per heavy atom. The van der Waals surface area contributed by atoms with Crippen molar-refractivity contribution in [1.29, 1.82) is 0 Å². The Hall–Kier alpha value is -2.02. The molecule has 1 saturated heterocycles. The third-order valence-corrected chi connectivity index (χ3v) is 4.21. The van der Waals surface area contributed by atoms with E-state index in [1.165, 1.54) is 0 Å². The maximum atomic E-state index is 8.59. The second kappa shape index (κ2) is 5.40. The number of nitrogens with zero attached hydrogens (tertiary/aromatic N) is 1. The van der Waals surface area contributed by atoms with Crippen LogP contribution < -0.4 is 0 Å². The van der Waals surface area contributed by atoms with Gasteiger partial charge in [0.1, 0.15) is 0 Å². The van der Waals surface area contributed by atoms with Gasteiger partial charge in [-0.3, -0.25) is 0 Å². The molecule has 0 amide bonds. The molecule has 1 unspecified atom stereocenters. The van der Waals surface area contributed by atoms with E-state index in [2.05, 4.69) is 0 Å². The van der Waals surface area contributed by atoms with Crippen LogP contribution in [0.5, 0.6) is 0 Å². The number of allylic oxidation sites excluding steroid dienone is 2. The lowest BCUT2D eigenvalue weighted by atomic mass is 9.71. The van der Waals surface area contributed by atoms with Crippen molar-refractivity contribution in [3.63, 3.8) is 0 Å². The predicted octanol–water partition coefficient (Wildman–Crippen LogP) is 4.60. The minimum atomic E-state index is -1.51. The summed E-state index contributed by atoms with van der Waals surface area (Å²) in [5.41, 5.74) is -1.15. The lowest BCUT2D eigenvalue weighted by Crippen LogP contribution is -2.29. The van der Waals surface area contributed by atoms with Crippen LogP contribution in [-0.2, 0) is 5.41 Å². The topological polar surface area (TPSA) is 3.24 Å². The fourth-order valence-corrected chi connectivity index (χ4v) is 3.19. The molecule has 0 bridgehead atoms. The van der Waals surface area contributed by atoms with Crippen molar-refractivity contribution in [3.8, 4) is 0 Å². The molecule has 108 valence electrons. The zero-order valence-electron chi connectivity index (χ0n) is 22.3. The van der Waals surface area contributed by atoms with Crippen LogP contribution in [0.3, 0.4) is 0 Å². The Morgan fingerprint density at radius 3 is 1.95 bits per heavy atom. The molecule has 1 nitrogen and oxygen atoms in total. The average molecular weight is 287 g/mol. The van der Waals surface area contributed by atoms with Gasteiger partial charge in [0, 0.05) is 18.8 Å². The van der Waals surface area contributed by atoms with Crippen LogP contribution in [0, 0.1) is 0 Å². The van der Waals surface area contributed by atoms with Crippen molar-refractivity contribution in [2.45, 2.75) is 31.7 Å². The molecule has 3 rings (SSSR count). The van der Waals surface area contributed by atoms with Crippen LogP contribution >= 0.6 is 0 Å². The highest BCUT2D eigenvalue weighted by atomic mass is 15.2. The Bertz CT molecular complexity index is 996. The summed E-state index contributed by atoms with van der Waals surface area (Å²) in [5, 5.41) is 0. The van der Waals surface area contributed by atoms with Crippen LogP contribution in [-0.4, -0.2) is 18.0 Å². The van der Waals surface area contributed by atoms with Gasteiger partial charge in [-0.25, -0.2) is 0 Å². The molecule has 1 atom stereocenters. The molecule has 2 aromatic rings. The highest BCUT2D eigenvalue weighted by molar-refractivity contribution is 5.50. The van der Waals surface area contributed by atoms with E-state index in [0.29, 0.717) is 5.70 Å². The van der Waals surface area contributed by atoms with E-state index in [-0.39, 0.29) is 23.6 Å². The molecular weight excluding hydrogens is 254 g/mol. The van der Waals surface area contributed by atoms with Gasteiger partial charge in [-0.05, 0) is 31.4 Å². The summed E-state index contributed by atoms with van der Waals surface area (Å²) in [4.78, 5) is 1.86. The van der Waals surface area contributed by atoms with E-state index in [1.807, 2.05) is 11.8 Å². The normalized spacial score (nSPS) is 29.4. The average Bonchev–Trinajstić information content (AvgIpc) is 2.98. The minimum absolute atomic E-state index is 0.0821. The van der Waals surface area contributed by atoms with Gasteiger partial charge in [0.15, 0.2) is 0 Å². The van der Waals surface area contributed by atoms with E-state index in [0.717, 1.165) is 0 Å². The highest BCUT2D eigenvalue weighted by Gasteiger charge is 2.47. The van der Waals surface area contributed by atoms with Gasteiger partial charge in [-0.1, -0.05) is 66.5 Å². The van der Waals surface area contributed by atoms with Crippen LogP contribution in [0.25, 0.3) is 0 Å². The zero-order chi connectivity index (χ0) is 23.6. The second-order valence-corrected chi connectivity index (χ2v) is 5.24. The Morgan fingerprint density at radius 1 is 1.05 bits per heavy atom. The third-order valence-electron chi connectivity index (χ3n) is 4.21. The molecule has 0 spiro atoms. The number of hydrogen-bond donors (Lipinski definition) is 0. The van der Waals surface area contributed by atoms with Crippen molar-refractivity contribution >= 4 is 0 Å². The smallest absolute Gasteiger partial charge is 0.0626 e. The van der Waals surface area contributed by atoms with Gasteiger partial charge in [-0.2, -0.15) is 0 Å². The molecule has 1 heterocycles. The molecule has 0 aliphatic carbocycles. The SMILES string of the molecule is [2H]c1c([2H])c([2H])c(C2(c3c([2H])c([2H])c([2H])c([2H])c3[2H])CC(C)N(C)/C2=C\C)c([2H])c1[2H]. The lowest BCUT2D eigenvalue weighted by molar-refractivity contribution is 0.375. The quantitative estimate of drug-likeness (QED) is 0.780. The molecule has 0 aromatic heterocycles. The number of benzene rings is 2. The van der Waals surface area contributed by atoms with Crippen molar-refractivity contribution < 1.29 is 13.7 Å². The van der Waals surface area contributed by atoms with Gasteiger partial charge in [0.2, 0.25) is 0 Å². The van der Waals surface area contributed by atoms with Crippen LogP contribution in [0.15, 0.2) is 72.2 Å². The molecular formula is C20H23N. The monoisotopic (exact) mass is 287 g/mol. The molecule has 0 saturated carbocycles. The molecule has 2 aromatic carbocycles. The Balaban J connectivity index is 2.64. The molecule has 21 heavy (non-hydrogen) atoms. The molecule has 0 radical (unpaired) electrons. The first-order valence-electron chi connectivity index (χ1n) is 11.9. The molecule has 1 heteroatoms. The molecule has 1 aliphatic rings. The summed E-state index contributed by atoms with van der Waals surface area (Å²) in [6.07, 6.45) is 1.90. The van der Waals surface area contributed by atoms with E-state index < -0.39 is 65.8 Å². The van der Waals surface area contributed by atoms with E-state index in [9.17, 15) is 0 Å². The predicted molar refractivity (Wildman–Crippen MR) is 89.3 cm³/mol. The number of likely N-dealkylation sites (N-methyl/N-ethyl adjacent to an activating group) is 1. The van der Waals surface area contributed by atoms with Gasteiger partial charge in [0.05, 0.1) is 19.1 Å². The van der Waals surface area contributed by atoms with E-state index in [4.69, 9.17) is 13.7 Å². The van der Waals surface area contributed by atoms with Crippen molar-refractivity contribution in [3.05, 3.63) is 83.3 Å². The molecule has 1 aliphatic heterocycles. The van der Waals surface area contributed by atoms with Crippen LogP contribution in [0.4, 0.5) is 0 Å². The maximum absolute atomic E-state index is 8.59. The minimum Gasteiger partial charge on any atom is -0.374 e. The van der Waals surface area contributed by atoms with Gasteiger partial charge in [-0.15, -0.1) is 0 Å². The van der Waals surface area contributed by atoms with Crippen molar-refractivity contribution in [2.75, 3.05) is 7.05 Å². The summed E-state index contributed by atoms with van der Waals surface area (Å²) in [7, 11) is 1.78. The largest absolute Gasteiger partial charge is 0.374 e. The van der Waals surface area contributed by atoms with Gasteiger partial charge in [0.25, 0.3) is 0 Å². The first kappa shape index (κ1) is 6.39. The summed E-state index contributed by atoms with van der Waals surface area (Å²) < 4.78 is 82.9. The fraction of sp³-hybridized carbons (Fsp3) is 0.300. The lowest BCUT2D eigenvalue weighted by Gasteiger charge is -2.33. The maximum Gasteiger partial charge on any atom is 0.0626 e.